The number of nitrogens with one attached hydrogen (secondary N) is 3. The molecule has 0 fully saturated rings. The molecule has 27 heavy (non-hydrogen) atoms. The van der Waals surface area contributed by atoms with Gasteiger partial charge < -0.3 is 10.6 Å². The van der Waals surface area contributed by atoms with Crippen LogP contribution < -0.4 is 10.6 Å². The number of carbonyl (C=O) groups is 1. The van der Waals surface area contributed by atoms with Crippen LogP contribution in [0.25, 0.3) is 10.9 Å². The van der Waals surface area contributed by atoms with Crippen molar-refractivity contribution in [1.29, 1.82) is 5.26 Å². The first-order chi connectivity index (χ1) is 13.0. The molecule has 6 heteroatoms. The summed E-state index contributed by atoms with van der Waals surface area (Å²) in [6, 6.07) is 13.9. The third-order valence-corrected chi connectivity index (χ3v) is 5.26. The molecular formula is C21H21N5O. The molecule has 0 saturated carbocycles. The molecule has 1 heterocycles. The van der Waals surface area contributed by atoms with Gasteiger partial charge in [0.25, 0.3) is 0 Å². The van der Waals surface area contributed by atoms with Crippen molar-refractivity contribution in [3.05, 3.63) is 59.3 Å². The predicted octanol–water partition coefficient (Wildman–Crippen LogP) is 4.17. The SMILES string of the molecule is CC(C)(C#N)c1ccc2c(c1)CCC2NC(=O)Nc1cccc2[nH]ncc12. The van der Waals surface area contributed by atoms with E-state index in [-0.39, 0.29) is 12.1 Å². The largest absolute Gasteiger partial charge is 0.331 e. The van der Waals surface area contributed by atoms with E-state index >= 15 is 0 Å². The number of nitriles is 1. The van der Waals surface area contributed by atoms with Crippen molar-refractivity contribution in [2.24, 2.45) is 0 Å². The molecule has 3 aromatic rings. The summed E-state index contributed by atoms with van der Waals surface area (Å²) in [5.74, 6) is 0. The number of aromatic nitrogens is 2. The summed E-state index contributed by atoms with van der Waals surface area (Å²) in [4.78, 5) is 12.5. The van der Waals surface area contributed by atoms with E-state index in [0.717, 1.165) is 40.6 Å². The van der Waals surface area contributed by atoms with Crippen molar-refractivity contribution in [3.8, 4) is 6.07 Å². The number of fused-ring (bicyclic) bond motifs is 2. The summed E-state index contributed by atoms with van der Waals surface area (Å²) in [5, 5.41) is 23.1. The van der Waals surface area contributed by atoms with E-state index in [1.165, 1.54) is 5.56 Å². The monoisotopic (exact) mass is 359 g/mol. The lowest BCUT2D eigenvalue weighted by Crippen LogP contribution is -2.31. The molecule has 136 valence electrons. The van der Waals surface area contributed by atoms with Gasteiger partial charge >= 0.3 is 6.03 Å². The van der Waals surface area contributed by atoms with E-state index in [2.05, 4.69) is 33.0 Å². The summed E-state index contributed by atoms with van der Waals surface area (Å²) in [7, 11) is 0. The molecule has 1 aromatic heterocycles. The number of aromatic amines is 1. The first-order valence-corrected chi connectivity index (χ1v) is 9.02. The fourth-order valence-corrected chi connectivity index (χ4v) is 3.61. The van der Waals surface area contributed by atoms with E-state index in [9.17, 15) is 10.1 Å². The number of H-pyrrole nitrogens is 1. The predicted molar refractivity (Wildman–Crippen MR) is 104 cm³/mol. The fourth-order valence-electron chi connectivity index (χ4n) is 3.61. The topological polar surface area (TPSA) is 93.6 Å². The van der Waals surface area contributed by atoms with Crippen LogP contribution in [0.4, 0.5) is 10.5 Å². The molecule has 4 rings (SSSR count). The average molecular weight is 359 g/mol. The molecule has 0 saturated heterocycles. The van der Waals surface area contributed by atoms with Crippen LogP contribution in [0.5, 0.6) is 0 Å². The number of anilines is 1. The Bertz CT molecular complexity index is 1060. The molecule has 1 atom stereocenters. The number of hydrogen-bond donors (Lipinski definition) is 3. The summed E-state index contributed by atoms with van der Waals surface area (Å²) in [6.07, 6.45) is 3.45. The molecule has 0 bridgehead atoms. The second kappa shape index (κ2) is 6.44. The molecule has 1 aliphatic rings. The number of carbonyl (C=O) groups excluding carboxylic acids is 1. The van der Waals surface area contributed by atoms with Crippen molar-refractivity contribution >= 4 is 22.6 Å². The van der Waals surface area contributed by atoms with Crippen LogP contribution in [0.3, 0.4) is 0 Å². The molecule has 0 radical (unpaired) electrons. The van der Waals surface area contributed by atoms with Crippen molar-refractivity contribution in [2.45, 2.75) is 38.1 Å². The fraction of sp³-hybridized carbons (Fsp3) is 0.286. The van der Waals surface area contributed by atoms with E-state index in [0.29, 0.717) is 0 Å². The van der Waals surface area contributed by atoms with Crippen LogP contribution >= 0.6 is 0 Å². The molecule has 1 unspecified atom stereocenters. The standard InChI is InChI=1S/C21H21N5O/c1-21(2,12-22)14-7-8-15-13(10-14)6-9-18(15)25-20(27)24-17-4-3-5-19-16(17)11-23-26-19/h3-5,7-8,10-11,18H,6,9H2,1-2H3,(H,23,26)(H2,24,25,27). The molecule has 0 spiro atoms. The molecule has 1 aliphatic carbocycles. The van der Waals surface area contributed by atoms with Gasteiger partial charge in [0.2, 0.25) is 0 Å². The van der Waals surface area contributed by atoms with E-state index in [1.54, 1.807) is 6.20 Å². The number of urea groups is 1. The zero-order chi connectivity index (χ0) is 19.0. The maximum Gasteiger partial charge on any atom is 0.319 e. The Morgan fingerprint density at radius 1 is 1.33 bits per heavy atom. The molecule has 3 N–H and O–H groups in total. The van der Waals surface area contributed by atoms with E-state index in [4.69, 9.17) is 0 Å². The zero-order valence-electron chi connectivity index (χ0n) is 15.3. The first kappa shape index (κ1) is 17.1. The third kappa shape index (κ3) is 3.13. The Morgan fingerprint density at radius 2 is 2.19 bits per heavy atom. The van der Waals surface area contributed by atoms with E-state index < -0.39 is 5.41 Å². The van der Waals surface area contributed by atoms with Gasteiger partial charge in [-0.25, -0.2) is 4.79 Å². The quantitative estimate of drug-likeness (QED) is 0.655. The molecule has 6 nitrogen and oxygen atoms in total. The van der Waals surface area contributed by atoms with Crippen LogP contribution in [-0.2, 0) is 11.8 Å². The van der Waals surface area contributed by atoms with Gasteiger partial charge in [0.05, 0.1) is 34.9 Å². The second-order valence-electron chi connectivity index (χ2n) is 7.48. The number of aryl methyl sites for hydroxylation is 1. The summed E-state index contributed by atoms with van der Waals surface area (Å²) in [5.41, 5.74) is 4.44. The molecule has 2 amide bonds. The highest BCUT2D eigenvalue weighted by atomic mass is 16.2. The highest BCUT2D eigenvalue weighted by Gasteiger charge is 2.27. The lowest BCUT2D eigenvalue weighted by Gasteiger charge is -2.19. The van der Waals surface area contributed by atoms with Crippen molar-refractivity contribution in [2.75, 3.05) is 5.32 Å². The Hall–Kier alpha value is -3.33. The van der Waals surface area contributed by atoms with Gasteiger partial charge in [-0.3, -0.25) is 5.10 Å². The van der Waals surface area contributed by atoms with Crippen LogP contribution in [-0.4, -0.2) is 16.2 Å². The van der Waals surface area contributed by atoms with Crippen LogP contribution in [0.15, 0.2) is 42.6 Å². The number of benzene rings is 2. The van der Waals surface area contributed by atoms with E-state index in [1.807, 2.05) is 44.2 Å². The number of nitrogens with zero attached hydrogens (tertiary/aromatic N) is 2. The van der Waals surface area contributed by atoms with Crippen LogP contribution in [0, 0.1) is 11.3 Å². The van der Waals surface area contributed by atoms with Crippen LogP contribution in [0.1, 0.15) is 43.0 Å². The maximum atomic E-state index is 12.5. The van der Waals surface area contributed by atoms with Gasteiger partial charge in [-0.05, 0) is 55.5 Å². The summed E-state index contributed by atoms with van der Waals surface area (Å²) >= 11 is 0. The van der Waals surface area contributed by atoms with Gasteiger partial charge in [-0.1, -0.05) is 24.3 Å². The lowest BCUT2D eigenvalue weighted by molar-refractivity contribution is 0.248. The summed E-state index contributed by atoms with van der Waals surface area (Å²) < 4.78 is 0. The number of hydrogen-bond acceptors (Lipinski definition) is 3. The minimum absolute atomic E-state index is 0.0252. The molecule has 0 aliphatic heterocycles. The number of amides is 2. The third-order valence-electron chi connectivity index (χ3n) is 5.26. The van der Waals surface area contributed by atoms with Gasteiger partial charge in [0, 0.05) is 5.39 Å². The maximum absolute atomic E-state index is 12.5. The molecular weight excluding hydrogens is 338 g/mol. The lowest BCUT2D eigenvalue weighted by atomic mass is 9.85. The van der Waals surface area contributed by atoms with Crippen molar-refractivity contribution in [3.63, 3.8) is 0 Å². The van der Waals surface area contributed by atoms with Gasteiger partial charge in [0.15, 0.2) is 0 Å². The highest BCUT2D eigenvalue weighted by molar-refractivity contribution is 6.00. The van der Waals surface area contributed by atoms with Crippen LogP contribution in [0.2, 0.25) is 0 Å². The highest BCUT2D eigenvalue weighted by Crippen LogP contribution is 2.34. The zero-order valence-corrected chi connectivity index (χ0v) is 15.3. The second-order valence-corrected chi connectivity index (χ2v) is 7.48. The minimum Gasteiger partial charge on any atom is -0.331 e. The minimum atomic E-state index is -0.513. The average Bonchev–Trinajstić information content (AvgIpc) is 3.29. The van der Waals surface area contributed by atoms with Crippen molar-refractivity contribution in [1.82, 2.24) is 15.5 Å². The van der Waals surface area contributed by atoms with Crippen molar-refractivity contribution < 1.29 is 4.79 Å². The Kier molecular flexibility index (Phi) is 4.08. The smallest absolute Gasteiger partial charge is 0.319 e. The van der Waals surface area contributed by atoms with Gasteiger partial charge in [-0.15, -0.1) is 0 Å². The van der Waals surface area contributed by atoms with Gasteiger partial charge in [-0.2, -0.15) is 10.4 Å². The number of rotatable bonds is 3. The first-order valence-electron chi connectivity index (χ1n) is 9.02. The summed E-state index contributed by atoms with van der Waals surface area (Å²) in [6.45, 7) is 3.84. The van der Waals surface area contributed by atoms with Gasteiger partial charge in [0.1, 0.15) is 0 Å². The Labute approximate surface area is 157 Å². The normalized spacial score (nSPS) is 16.0. The Morgan fingerprint density at radius 3 is 3.00 bits per heavy atom. The molecule has 2 aromatic carbocycles. The Balaban J connectivity index is 1.50.